The van der Waals surface area contributed by atoms with Gasteiger partial charge in [-0.15, -0.1) is 0 Å². The van der Waals surface area contributed by atoms with Crippen molar-refractivity contribution in [3.63, 3.8) is 0 Å². The summed E-state index contributed by atoms with van der Waals surface area (Å²) in [7, 11) is 0. The molecular formula is C15H21N3. The van der Waals surface area contributed by atoms with Gasteiger partial charge in [-0.25, -0.2) is 0 Å². The standard InChI is InChI=1S/C15H21N3/c16-13-4-2-5-14-12(11-13)3-1-6-15(14)18-9-7-17-8-10-18/h1,3,6,11,17H,2,4-5,7-10,16H2. The second kappa shape index (κ2) is 5.02. The van der Waals surface area contributed by atoms with Crippen LogP contribution in [0, 0.1) is 0 Å². The maximum absolute atomic E-state index is 6.02. The fourth-order valence-corrected chi connectivity index (χ4v) is 2.94. The number of piperazine rings is 1. The number of rotatable bonds is 1. The number of hydrogen-bond acceptors (Lipinski definition) is 3. The summed E-state index contributed by atoms with van der Waals surface area (Å²) in [6, 6.07) is 6.62. The van der Waals surface area contributed by atoms with Crippen molar-refractivity contribution in [3.05, 3.63) is 35.0 Å². The van der Waals surface area contributed by atoms with E-state index in [1.165, 1.54) is 23.2 Å². The van der Waals surface area contributed by atoms with Gasteiger partial charge in [-0.3, -0.25) is 0 Å². The van der Waals surface area contributed by atoms with Crippen molar-refractivity contribution >= 4 is 11.8 Å². The number of nitrogens with two attached hydrogens (primary N) is 1. The molecule has 1 saturated heterocycles. The quantitative estimate of drug-likeness (QED) is 0.789. The van der Waals surface area contributed by atoms with Crippen LogP contribution in [-0.2, 0) is 6.42 Å². The predicted octanol–water partition coefficient (Wildman–Crippen LogP) is 1.73. The van der Waals surface area contributed by atoms with Crippen molar-refractivity contribution in [2.24, 2.45) is 5.73 Å². The van der Waals surface area contributed by atoms with Crippen LogP contribution in [0.4, 0.5) is 5.69 Å². The Kier molecular flexibility index (Phi) is 3.24. The van der Waals surface area contributed by atoms with Crippen LogP contribution >= 0.6 is 0 Å². The van der Waals surface area contributed by atoms with E-state index in [-0.39, 0.29) is 0 Å². The average molecular weight is 243 g/mol. The van der Waals surface area contributed by atoms with E-state index >= 15 is 0 Å². The molecule has 0 atom stereocenters. The zero-order chi connectivity index (χ0) is 12.4. The molecule has 0 aromatic heterocycles. The predicted molar refractivity (Wildman–Crippen MR) is 76.6 cm³/mol. The van der Waals surface area contributed by atoms with Gasteiger partial charge in [-0.1, -0.05) is 12.1 Å². The molecule has 0 bridgehead atoms. The summed E-state index contributed by atoms with van der Waals surface area (Å²) >= 11 is 0. The van der Waals surface area contributed by atoms with Crippen molar-refractivity contribution in [3.8, 4) is 0 Å². The number of fused-ring (bicyclic) bond motifs is 1. The minimum Gasteiger partial charge on any atom is -0.402 e. The topological polar surface area (TPSA) is 41.3 Å². The summed E-state index contributed by atoms with van der Waals surface area (Å²) in [5.74, 6) is 0. The Morgan fingerprint density at radius 2 is 1.94 bits per heavy atom. The summed E-state index contributed by atoms with van der Waals surface area (Å²) in [6.45, 7) is 4.38. The number of hydrogen-bond donors (Lipinski definition) is 2. The third-order valence-electron chi connectivity index (χ3n) is 3.88. The van der Waals surface area contributed by atoms with Gasteiger partial charge in [0.2, 0.25) is 0 Å². The Balaban J connectivity index is 1.98. The second-order valence-corrected chi connectivity index (χ2v) is 5.15. The first kappa shape index (κ1) is 11.6. The first-order chi connectivity index (χ1) is 8.84. The normalized spacial score (nSPS) is 20.0. The van der Waals surface area contributed by atoms with Crippen LogP contribution in [0.1, 0.15) is 24.0 Å². The molecule has 2 aliphatic rings. The minimum absolute atomic E-state index is 1.02. The molecule has 18 heavy (non-hydrogen) atoms. The monoisotopic (exact) mass is 243 g/mol. The van der Waals surface area contributed by atoms with Crippen molar-refractivity contribution < 1.29 is 0 Å². The maximum Gasteiger partial charge on any atom is 0.0405 e. The van der Waals surface area contributed by atoms with Gasteiger partial charge in [0, 0.05) is 37.6 Å². The van der Waals surface area contributed by atoms with Crippen molar-refractivity contribution in [2.45, 2.75) is 19.3 Å². The maximum atomic E-state index is 6.02. The van der Waals surface area contributed by atoms with Gasteiger partial charge in [-0.2, -0.15) is 0 Å². The van der Waals surface area contributed by atoms with Gasteiger partial charge in [0.1, 0.15) is 0 Å². The number of allylic oxidation sites excluding steroid dienone is 1. The SMILES string of the molecule is NC1=Cc2cccc(N3CCNCC3)c2CCC1. The molecule has 1 aliphatic heterocycles. The van der Waals surface area contributed by atoms with Gasteiger partial charge in [0.25, 0.3) is 0 Å². The van der Waals surface area contributed by atoms with E-state index in [1.807, 2.05) is 0 Å². The Labute approximate surface area is 109 Å². The highest BCUT2D eigenvalue weighted by atomic mass is 15.2. The van der Waals surface area contributed by atoms with Crippen LogP contribution in [-0.4, -0.2) is 26.2 Å². The molecule has 3 heteroatoms. The van der Waals surface area contributed by atoms with E-state index in [1.54, 1.807) is 0 Å². The molecule has 0 unspecified atom stereocenters. The van der Waals surface area contributed by atoms with Crippen LogP contribution in [0.3, 0.4) is 0 Å². The molecule has 1 fully saturated rings. The highest BCUT2D eigenvalue weighted by molar-refractivity contribution is 5.67. The summed E-state index contributed by atoms with van der Waals surface area (Å²) in [4.78, 5) is 2.50. The second-order valence-electron chi connectivity index (χ2n) is 5.15. The Bertz CT molecular complexity index is 459. The molecule has 1 aromatic carbocycles. The molecule has 0 spiro atoms. The molecule has 0 saturated carbocycles. The van der Waals surface area contributed by atoms with Crippen LogP contribution in [0.25, 0.3) is 6.08 Å². The summed E-state index contributed by atoms with van der Waals surface area (Å²) in [5, 5.41) is 3.41. The lowest BCUT2D eigenvalue weighted by Gasteiger charge is -2.31. The number of anilines is 1. The minimum atomic E-state index is 1.02. The summed E-state index contributed by atoms with van der Waals surface area (Å²) < 4.78 is 0. The number of nitrogens with zero attached hydrogens (tertiary/aromatic N) is 1. The van der Waals surface area contributed by atoms with Crippen molar-refractivity contribution in [1.29, 1.82) is 0 Å². The molecule has 1 heterocycles. The van der Waals surface area contributed by atoms with Gasteiger partial charge >= 0.3 is 0 Å². The lowest BCUT2D eigenvalue weighted by Crippen LogP contribution is -2.43. The van der Waals surface area contributed by atoms with Crippen LogP contribution in [0.5, 0.6) is 0 Å². The Hall–Kier alpha value is -1.48. The van der Waals surface area contributed by atoms with E-state index < -0.39 is 0 Å². The molecule has 3 N–H and O–H groups in total. The van der Waals surface area contributed by atoms with Gasteiger partial charge in [-0.05, 0) is 42.5 Å². The molecule has 1 aliphatic carbocycles. The van der Waals surface area contributed by atoms with Crippen molar-refractivity contribution in [1.82, 2.24) is 5.32 Å². The number of benzene rings is 1. The molecule has 0 amide bonds. The highest BCUT2D eigenvalue weighted by Crippen LogP contribution is 2.30. The molecule has 0 radical (unpaired) electrons. The Morgan fingerprint density at radius 3 is 2.78 bits per heavy atom. The van der Waals surface area contributed by atoms with Crippen LogP contribution < -0.4 is 16.0 Å². The van der Waals surface area contributed by atoms with Crippen LogP contribution in [0.2, 0.25) is 0 Å². The van der Waals surface area contributed by atoms with E-state index in [0.717, 1.165) is 44.7 Å². The number of nitrogens with one attached hydrogen (secondary N) is 1. The van der Waals surface area contributed by atoms with Crippen molar-refractivity contribution in [2.75, 3.05) is 31.1 Å². The molecule has 1 aromatic rings. The fraction of sp³-hybridized carbons (Fsp3) is 0.467. The third-order valence-corrected chi connectivity index (χ3v) is 3.88. The molecule has 3 nitrogen and oxygen atoms in total. The Morgan fingerprint density at radius 1 is 1.11 bits per heavy atom. The smallest absolute Gasteiger partial charge is 0.0405 e. The molecule has 3 rings (SSSR count). The zero-order valence-corrected chi connectivity index (χ0v) is 10.8. The largest absolute Gasteiger partial charge is 0.402 e. The zero-order valence-electron chi connectivity index (χ0n) is 10.8. The lowest BCUT2D eigenvalue weighted by atomic mass is 10.0. The first-order valence-electron chi connectivity index (χ1n) is 6.88. The lowest BCUT2D eigenvalue weighted by molar-refractivity contribution is 0.587. The first-order valence-corrected chi connectivity index (χ1v) is 6.88. The average Bonchev–Trinajstić information content (AvgIpc) is 2.60. The van der Waals surface area contributed by atoms with Crippen LogP contribution in [0.15, 0.2) is 23.9 Å². The van der Waals surface area contributed by atoms with E-state index in [4.69, 9.17) is 5.73 Å². The summed E-state index contributed by atoms with van der Waals surface area (Å²) in [5.41, 5.74) is 11.3. The molecular weight excluding hydrogens is 222 g/mol. The van der Waals surface area contributed by atoms with E-state index in [9.17, 15) is 0 Å². The highest BCUT2D eigenvalue weighted by Gasteiger charge is 2.17. The van der Waals surface area contributed by atoms with Gasteiger partial charge < -0.3 is 16.0 Å². The van der Waals surface area contributed by atoms with Gasteiger partial charge in [0.15, 0.2) is 0 Å². The van der Waals surface area contributed by atoms with E-state index in [2.05, 4.69) is 34.5 Å². The third kappa shape index (κ3) is 2.23. The van der Waals surface area contributed by atoms with E-state index in [0.29, 0.717) is 0 Å². The van der Waals surface area contributed by atoms with Gasteiger partial charge in [0.05, 0.1) is 0 Å². The fourth-order valence-electron chi connectivity index (χ4n) is 2.94. The summed E-state index contributed by atoms with van der Waals surface area (Å²) in [6.07, 6.45) is 5.49. The molecule has 96 valence electrons.